The first kappa shape index (κ1) is 14.8. The van der Waals surface area contributed by atoms with Gasteiger partial charge in [-0.05, 0) is 30.5 Å². The number of para-hydroxylation sites is 2. The summed E-state index contributed by atoms with van der Waals surface area (Å²) in [6.45, 7) is 2.92. The van der Waals surface area contributed by atoms with Gasteiger partial charge in [-0.3, -0.25) is 0 Å². The molecule has 22 heavy (non-hydrogen) atoms. The van der Waals surface area contributed by atoms with E-state index in [1.165, 1.54) is 5.56 Å². The first-order valence-corrected chi connectivity index (χ1v) is 7.96. The fraction of sp³-hybridized carbons (Fsp3) is 0.316. The van der Waals surface area contributed by atoms with Crippen LogP contribution >= 0.6 is 0 Å². The van der Waals surface area contributed by atoms with E-state index in [1.54, 1.807) is 0 Å². The Balaban J connectivity index is 1.93. The van der Waals surface area contributed by atoms with Gasteiger partial charge in [-0.2, -0.15) is 0 Å². The summed E-state index contributed by atoms with van der Waals surface area (Å²) in [5, 5.41) is 10.4. The quantitative estimate of drug-likeness (QED) is 0.743. The molecule has 0 unspecified atom stereocenters. The maximum atomic E-state index is 10.4. The minimum absolute atomic E-state index is 0.492. The summed E-state index contributed by atoms with van der Waals surface area (Å²) >= 11 is 0. The lowest BCUT2D eigenvalue weighted by molar-refractivity contribution is 0.152. The number of rotatable bonds is 6. The van der Waals surface area contributed by atoms with Crippen LogP contribution in [0.2, 0.25) is 0 Å². The number of aliphatic hydroxyl groups excluding tert-OH is 1. The molecular formula is C19H22N2O. The second-order valence-corrected chi connectivity index (χ2v) is 5.65. The van der Waals surface area contributed by atoms with Crippen LogP contribution in [0.4, 0.5) is 0 Å². The predicted octanol–water partition coefficient (Wildman–Crippen LogP) is 4.11. The molecule has 1 heterocycles. The highest BCUT2D eigenvalue weighted by Gasteiger charge is 2.17. The van der Waals surface area contributed by atoms with Crippen molar-refractivity contribution in [2.24, 2.45) is 0 Å². The summed E-state index contributed by atoms with van der Waals surface area (Å²) in [5.74, 6) is 0.791. The van der Waals surface area contributed by atoms with Crippen LogP contribution in [0.1, 0.15) is 37.3 Å². The molecule has 2 aromatic carbocycles. The Morgan fingerprint density at radius 3 is 2.55 bits per heavy atom. The molecule has 0 aliphatic carbocycles. The largest absolute Gasteiger partial charge is 0.385 e. The second-order valence-electron chi connectivity index (χ2n) is 5.65. The van der Waals surface area contributed by atoms with E-state index >= 15 is 0 Å². The SMILES string of the molecule is CCC[C@H](O)c1nc2ccccc2n1CCc1ccccc1. The molecule has 114 valence electrons. The Bertz CT molecular complexity index is 734. The van der Waals surface area contributed by atoms with Gasteiger partial charge in [0.2, 0.25) is 0 Å². The van der Waals surface area contributed by atoms with Gasteiger partial charge in [0.15, 0.2) is 0 Å². The predicted molar refractivity (Wildman–Crippen MR) is 89.7 cm³/mol. The van der Waals surface area contributed by atoms with Crippen molar-refractivity contribution < 1.29 is 5.11 Å². The van der Waals surface area contributed by atoms with Crippen LogP contribution in [0, 0.1) is 0 Å². The average Bonchev–Trinajstić information content (AvgIpc) is 2.93. The van der Waals surface area contributed by atoms with Gasteiger partial charge in [-0.25, -0.2) is 4.98 Å². The first-order chi connectivity index (χ1) is 10.8. The van der Waals surface area contributed by atoms with Crippen LogP contribution in [0.25, 0.3) is 11.0 Å². The second kappa shape index (κ2) is 6.75. The van der Waals surface area contributed by atoms with E-state index < -0.39 is 6.10 Å². The zero-order chi connectivity index (χ0) is 15.4. The number of aryl methyl sites for hydroxylation is 2. The molecule has 0 amide bonds. The highest BCUT2D eigenvalue weighted by molar-refractivity contribution is 5.76. The van der Waals surface area contributed by atoms with E-state index in [4.69, 9.17) is 0 Å². The lowest BCUT2D eigenvalue weighted by Crippen LogP contribution is -2.10. The molecule has 0 bridgehead atoms. The summed E-state index contributed by atoms with van der Waals surface area (Å²) in [7, 11) is 0. The number of fused-ring (bicyclic) bond motifs is 1. The zero-order valence-electron chi connectivity index (χ0n) is 12.9. The maximum Gasteiger partial charge on any atom is 0.138 e. The first-order valence-electron chi connectivity index (χ1n) is 7.96. The fourth-order valence-electron chi connectivity index (χ4n) is 2.87. The van der Waals surface area contributed by atoms with Gasteiger partial charge in [0.05, 0.1) is 11.0 Å². The van der Waals surface area contributed by atoms with Crippen molar-refractivity contribution in [2.45, 2.75) is 38.8 Å². The molecule has 0 spiro atoms. The monoisotopic (exact) mass is 294 g/mol. The van der Waals surface area contributed by atoms with Crippen LogP contribution in [0.15, 0.2) is 54.6 Å². The average molecular weight is 294 g/mol. The molecule has 0 saturated carbocycles. The molecule has 0 aliphatic heterocycles. The summed E-state index contributed by atoms with van der Waals surface area (Å²) in [6, 6.07) is 18.6. The number of aliphatic hydroxyl groups is 1. The number of hydrogen-bond donors (Lipinski definition) is 1. The Hall–Kier alpha value is -2.13. The summed E-state index contributed by atoms with van der Waals surface area (Å²) in [4.78, 5) is 4.66. The molecule has 1 aromatic heterocycles. The summed E-state index contributed by atoms with van der Waals surface area (Å²) < 4.78 is 2.17. The van der Waals surface area contributed by atoms with Gasteiger partial charge < -0.3 is 9.67 Å². The van der Waals surface area contributed by atoms with Crippen molar-refractivity contribution in [1.82, 2.24) is 9.55 Å². The number of benzene rings is 2. The number of imidazole rings is 1. The van der Waals surface area contributed by atoms with Crippen molar-refractivity contribution in [3.05, 3.63) is 66.0 Å². The molecule has 3 aromatic rings. The van der Waals surface area contributed by atoms with Crippen molar-refractivity contribution >= 4 is 11.0 Å². The van der Waals surface area contributed by atoms with Crippen molar-refractivity contribution in [1.29, 1.82) is 0 Å². The minimum Gasteiger partial charge on any atom is -0.385 e. The molecule has 1 atom stereocenters. The van der Waals surface area contributed by atoms with Crippen molar-refractivity contribution in [3.63, 3.8) is 0 Å². The van der Waals surface area contributed by atoms with E-state index in [2.05, 4.69) is 46.8 Å². The van der Waals surface area contributed by atoms with Crippen LogP contribution < -0.4 is 0 Å². The number of aromatic nitrogens is 2. The van der Waals surface area contributed by atoms with Gasteiger partial charge in [0.25, 0.3) is 0 Å². The molecule has 0 saturated heterocycles. The van der Waals surface area contributed by atoms with Crippen LogP contribution in [0.3, 0.4) is 0 Å². The Morgan fingerprint density at radius 1 is 1.05 bits per heavy atom. The molecule has 3 rings (SSSR count). The molecule has 3 heteroatoms. The molecule has 0 fully saturated rings. The van der Waals surface area contributed by atoms with Crippen LogP contribution in [-0.2, 0) is 13.0 Å². The summed E-state index contributed by atoms with van der Waals surface area (Å²) in [6.07, 6.45) is 2.14. The maximum absolute atomic E-state index is 10.4. The third-order valence-electron chi connectivity index (χ3n) is 4.01. The van der Waals surface area contributed by atoms with Gasteiger partial charge in [-0.1, -0.05) is 55.8 Å². The van der Waals surface area contributed by atoms with E-state index in [0.717, 1.165) is 42.7 Å². The zero-order valence-corrected chi connectivity index (χ0v) is 12.9. The lowest BCUT2D eigenvalue weighted by atomic mass is 10.1. The highest BCUT2D eigenvalue weighted by atomic mass is 16.3. The minimum atomic E-state index is -0.492. The molecule has 0 aliphatic rings. The van der Waals surface area contributed by atoms with E-state index in [1.807, 2.05) is 24.3 Å². The van der Waals surface area contributed by atoms with Gasteiger partial charge in [0, 0.05) is 6.54 Å². The molecule has 3 nitrogen and oxygen atoms in total. The van der Waals surface area contributed by atoms with Crippen molar-refractivity contribution in [2.75, 3.05) is 0 Å². The smallest absolute Gasteiger partial charge is 0.138 e. The van der Waals surface area contributed by atoms with Crippen LogP contribution in [-0.4, -0.2) is 14.7 Å². The fourth-order valence-corrected chi connectivity index (χ4v) is 2.87. The third kappa shape index (κ3) is 3.04. The van der Waals surface area contributed by atoms with Crippen LogP contribution in [0.5, 0.6) is 0 Å². The topological polar surface area (TPSA) is 38.1 Å². The van der Waals surface area contributed by atoms with E-state index in [0.29, 0.717) is 0 Å². The number of hydrogen-bond acceptors (Lipinski definition) is 2. The standard InChI is InChI=1S/C19H22N2O/c1-2-8-18(22)19-20-16-11-6-7-12-17(16)21(19)14-13-15-9-4-3-5-10-15/h3-7,9-12,18,22H,2,8,13-14H2,1H3/t18-/m0/s1. The number of nitrogens with zero attached hydrogens (tertiary/aromatic N) is 2. The molecule has 0 radical (unpaired) electrons. The van der Waals surface area contributed by atoms with E-state index in [9.17, 15) is 5.11 Å². The normalized spacial score (nSPS) is 12.6. The Labute approximate surface area is 131 Å². The molecular weight excluding hydrogens is 272 g/mol. The lowest BCUT2D eigenvalue weighted by Gasteiger charge is -2.13. The van der Waals surface area contributed by atoms with Gasteiger partial charge >= 0.3 is 0 Å². The van der Waals surface area contributed by atoms with Gasteiger partial charge in [0.1, 0.15) is 11.9 Å². The van der Waals surface area contributed by atoms with E-state index in [-0.39, 0.29) is 0 Å². The van der Waals surface area contributed by atoms with Crippen molar-refractivity contribution in [3.8, 4) is 0 Å². The highest BCUT2D eigenvalue weighted by Crippen LogP contribution is 2.24. The Morgan fingerprint density at radius 2 is 1.77 bits per heavy atom. The summed E-state index contributed by atoms with van der Waals surface area (Å²) in [5.41, 5.74) is 3.36. The molecule has 1 N–H and O–H groups in total. The Kier molecular flexibility index (Phi) is 4.54. The third-order valence-corrected chi connectivity index (χ3v) is 4.01. The van der Waals surface area contributed by atoms with Gasteiger partial charge in [-0.15, -0.1) is 0 Å².